The molecule has 74 valence electrons. The molecule has 1 rings (SSSR count). The van der Waals surface area contributed by atoms with Crippen LogP contribution in [0.2, 0.25) is 0 Å². The Morgan fingerprint density at radius 2 is 2.00 bits per heavy atom. The number of rotatable bonds is 3. The van der Waals surface area contributed by atoms with Crippen LogP contribution in [-0.2, 0) is 0 Å². The molecule has 0 fully saturated rings. The maximum Gasteiger partial charge on any atom is 0.131 e. The van der Waals surface area contributed by atoms with Crippen molar-refractivity contribution in [3.8, 4) is 12.3 Å². The van der Waals surface area contributed by atoms with Gasteiger partial charge < -0.3 is 5.32 Å². The van der Waals surface area contributed by atoms with E-state index >= 15 is 0 Å². The number of hydrogen-bond acceptors (Lipinski definition) is 1. The first-order chi connectivity index (χ1) is 6.70. The zero-order valence-electron chi connectivity index (χ0n) is 7.85. The molecule has 0 amide bonds. The highest BCUT2D eigenvalue weighted by molar-refractivity contribution is 5.28. The predicted molar refractivity (Wildman–Crippen MR) is 51.6 cm³/mol. The number of halogens is 2. The summed E-state index contributed by atoms with van der Waals surface area (Å²) in [6.45, 7) is 2.38. The van der Waals surface area contributed by atoms with E-state index in [2.05, 4.69) is 11.2 Å². The number of hydrogen-bond donors (Lipinski definition) is 1. The van der Waals surface area contributed by atoms with Gasteiger partial charge in [0.1, 0.15) is 17.7 Å². The van der Waals surface area contributed by atoms with Gasteiger partial charge in [-0.05, 0) is 18.7 Å². The summed E-state index contributed by atoms with van der Waals surface area (Å²) < 4.78 is 26.5. The van der Waals surface area contributed by atoms with E-state index in [1.807, 2.05) is 6.92 Å². The maximum atomic E-state index is 13.2. The molecule has 14 heavy (non-hydrogen) atoms. The first-order valence-corrected chi connectivity index (χ1v) is 4.34. The summed E-state index contributed by atoms with van der Waals surface area (Å²) in [4.78, 5) is 0. The van der Waals surface area contributed by atoms with Crippen LogP contribution < -0.4 is 5.32 Å². The SMILES string of the molecule is C#CC(NCC)c1c(F)cccc1F. The summed E-state index contributed by atoms with van der Waals surface area (Å²) in [6.07, 6.45) is 5.18. The summed E-state index contributed by atoms with van der Waals surface area (Å²) in [5.41, 5.74) is -0.0862. The summed E-state index contributed by atoms with van der Waals surface area (Å²) in [6, 6.07) is 3.00. The number of benzene rings is 1. The summed E-state index contributed by atoms with van der Waals surface area (Å²) in [7, 11) is 0. The third-order valence-corrected chi connectivity index (χ3v) is 1.86. The zero-order valence-corrected chi connectivity index (χ0v) is 7.85. The Balaban J connectivity index is 3.10. The van der Waals surface area contributed by atoms with Crippen LogP contribution in [0, 0.1) is 24.0 Å². The van der Waals surface area contributed by atoms with Crippen LogP contribution in [0.4, 0.5) is 8.78 Å². The summed E-state index contributed by atoms with van der Waals surface area (Å²) in [5, 5.41) is 2.81. The molecule has 1 N–H and O–H groups in total. The molecule has 3 heteroatoms. The Hall–Kier alpha value is -1.40. The molecule has 1 aromatic rings. The van der Waals surface area contributed by atoms with Gasteiger partial charge in [0, 0.05) is 0 Å². The van der Waals surface area contributed by atoms with E-state index in [1.165, 1.54) is 18.2 Å². The second-order valence-corrected chi connectivity index (χ2v) is 2.79. The Kier molecular flexibility index (Phi) is 3.61. The van der Waals surface area contributed by atoms with Crippen molar-refractivity contribution < 1.29 is 8.78 Å². The average Bonchev–Trinajstić information content (AvgIpc) is 2.16. The van der Waals surface area contributed by atoms with E-state index in [9.17, 15) is 8.78 Å². The molecule has 0 aliphatic rings. The molecule has 0 radical (unpaired) electrons. The van der Waals surface area contributed by atoms with Gasteiger partial charge in [0.2, 0.25) is 0 Å². The lowest BCUT2D eigenvalue weighted by atomic mass is 10.1. The van der Waals surface area contributed by atoms with Gasteiger partial charge in [-0.15, -0.1) is 6.42 Å². The van der Waals surface area contributed by atoms with Crippen molar-refractivity contribution in [2.24, 2.45) is 0 Å². The molecule has 1 unspecified atom stereocenters. The van der Waals surface area contributed by atoms with Gasteiger partial charge >= 0.3 is 0 Å². The van der Waals surface area contributed by atoms with E-state index in [0.717, 1.165) is 0 Å². The van der Waals surface area contributed by atoms with Gasteiger partial charge in [-0.2, -0.15) is 0 Å². The quantitative estimate of drug-likeness (QED) is 0.729. The fourth-order valence-electron chi connectivity index (χ4n) is 1.23. The van der Waals surface area contributed by atoms with Crippen molar-refractivity contribution in [1.82, 2.24) is 5.32 Å². The Labute approximate surface area is 82.1 Å². The van der Waals surface area contributed by atoms with E-state index in [1.54, 1.807) is 0 Å². The molecule has 0 spiro atoms. The lowest BCUT2D eigenvalue weighted by Crippen LogP contribution is -2.21. The van der Waals surface area contributed by atoms with E-state index in [4.69, 9.17) is 6.42 Å². The molecular formula is C11H11F2N. The van der Waals surface area contributed by atoms with Crippen molar-refractivity contribution in [3.05, 3.63) is 35.4 Å². The molecule has 0 bridgehead atoms. The monoisotopic (exact) mass is 195 g/mol. The van der Waals surface area contributed by atoms with Crippen LogP contribution in [0.3, 0.4) is 0 Å². The molecular weight excluding hydrogens is 184 g/mol. The maximum absolute atomic E-state index is 13.2. The lowest BCUT2D eigenvalue weighted by Gasteiger charge is -2.13. The molecule has 1 nitrogen and oxygen atoms in total. The predicted octanol–water partition coefficient (Wildman–Crippen LogP) is 2.25. The Morgan fingerprint density at radius 3 is 2.43 bits per heavy atom. The number of nitrogens with one attached hydrogen (secondary N) is 1. The minimum atomic E-state index is -0.707. The minimum Gasteiger partial charge on any atom is -0.300 e. The fourth-order valence-corrected chi connectivity index (χ4v) is 1.23. The van der Waals surface area contributed by atoms with Crippen LogP contribution >= 0.6 is 0 Å². The van der Waals surface area contributed by atoms with Crippen LogP contribution in [0.25, 0.3) is 0 Å². The van der Waals surface area contributed by atoms with Gasteiger partial charge in [0.15, 0.2) is 0 Å². The molecule has 0 aliphatic heterocycles. The topological polar surface area (TPSA) is 12.0 Å². The minimum absolute atomic E-state index is 0.0862. The van der Waals surface area contributed by atoms with Crippen LogP contribution in [0.1, 0.15) is 18.5 Å². The van der Waals surface area contributed by atoms with E-state index in [0.29, 0.717) is 6.54 Å². The molecule has 0 aliphatic carbocycles. The molecule has 0 aromatic heterocycles. The van der Waals surface area contributed by atoms with Gasteiger partial charge in [-0.3, -0.25) is 0 Å². The van der Waals surface area contributed by atoms with E-state index in [-0.39, 0.29) is 5.56 Å². The van der Waals surface area contributed by atoms with Gasteiger partial charge in [-0.25, -0.2) is 8.78 Å². The highest BCUT2D eigenvalue weighted by Crippen LogP contribution is 2.19. The smallest absolute Gasteiger partial charge is 0.131 e. The zero-order chi connectivity index (χ0) is 10.6. The molecule has 1 aromatic carbocycles. The van der Waals surface area contributed by atoms with Crippen molar-refractivity contribution >= 4 is 0 Å². The Bertz CT molecular complexity index is 335. The number of terminal acetylenes is 1. The Morgan fingerprint density at radius 1 is 1.43 bits per heavy atom. The van der Waals surface area contributed by atoms with E-state index < -0.39 is 17.7 Å². The normalized spacial score (nSPS) is 12.1. The lowest BCUT2D eigenvalue weighted by molar-refractivity contribution is 0.522. The standard InChI is InChI=1S/C11H11F2N/c1-3-10(14-4-2)11-8(12)6-5-7-9(11)13/h1,5-7,10,14H,4H2,2H3. The first-order valence-electron chi connectivity index (χ1n) is 4.34. The van der Waals surface area contributed by atoms with Crippen molar-refractivity contribution in [1.29, 1.82) is 0 Å². The van der Waals surface area contributed by atoms with Gasteiger partial charge in [0.05, 0.1) is 5.56 Å². The molecule has 0 saturated heterocycles. The van der Waals surface area contributed by atoms with Crippen molar-refractivity contribution in [2.75, 3.05) is 6.54 Å². The van der Waals surface area contributed by atoms with Gasteiger partial charge in [-0.1, -0.05) is 18.9 Å². The second kappa shape index (κ2) is 4.73. The molecule has 0 heterocycles. The van der Waals surface area contributed by atoms with Crippen LogP contribution in [0.5, 0.6) is 0 Å². The molecule has 0 saturated carbocycles. The summed E-state index contributed by atoms with van der Waals surface area (Å²) >= 11 is 0. The third kappa shape index (κ3) is 2.09. The first kappa shape index (κ1) is 10.7. The van der Waals surface area contributed by atoms with Crippen molar-refractivity contribution in [3.63, 3.8) is 0 Å². The largest absolute Gasteiger partial charge is 0.300 e. The highest BCUT2D eigenvalue weighted by Gasteiger charge is 2.16. The molecule has 1 atom stereocenters. The second-order valence-electron chi connectivity index (χ2n) is 2.79. The van der Waals surface area contributed by atoms with Gasteiger partial charge in [0.25, 0.3) is 0 Å². The third-order valence-electron chi connectivity index (χ3n) is 1.86. The van der Waals surface area contributed by atoms with Crippen molar-refractivity contribution in [2.45, 2.75) is 13.0 Å². The van der Waals surface area contributed by atoms with Crippen LogP contribution in [0.15, 0.2) is 18.2 Å². The summed E-state index contributed by atoms with van der Waals surface area (Å²) in [5.74, 6) is 1.08. The average molecular weight is 195 g/mol. The van der Waals surface area contributed by atoms with Crippen LogP contribution in [-0.4, -0.2) is 6.54 Å². The fraction of sp³-hybridized carbons (Fsp3) is 0.273. The highest BCUT2D eigenvalue weighted by atomic mass is 19.1.